The SMILES string of the molecule is COc1cc2c(c([N+](=O)[O-])c1)NC(C)C2C. The highest BCUT2D eigenvalue weighted by molar-refractivity contribution is 5.73. The van der Waals surface area contributed by atoms with Gasteiger partial charge < -0.3 is 10.1 Å². The van der Waals surface area contributed by atoms with Crippen LogP contribution in [0.15, 0.2) is 12.1 Å². The molecule has 1 aliphatic rings. The van der Waals surface area contributed by atoms with Gasteiger partial charge >= 0.3 is 0 Å². The molecule has 16 heavy (non-hydrogen) atoms. The summed E-state index contributed by atoms with van der Waals surface area (Å²) in [4.78, 5) is 10.6. The van der Waals surface area contributed by atoms with E-state index in [0.717, 1.165) is 5.56 Å². The Bertz CT molecular complexity index is 445. The largest absolute Gasteiger partial charge is 0.496 e. The smallest absolute Gasteiger partial charge is 0.296 e. The van der Waals surface area contributed by atoms with E-state index in [0.29, 0.717) is 11.4 Å². The number of anilines is 1. The van der Waals surface area contributed by atoms with Gasteiger partial charge in [-0.3, -0.25) is 10.1 Å². The third kappa shape index (κ3) is 1.48. The van der Waals surface area contributed by atoms with Crippen molar-refractivity contribution in [2.24, 2.45) is 0 Å². The van der Waals surface area contributed by atoms with E-state index in [2.05, 4.69) is 5.32 Å². The van der Waals surface area contributed by atoms with Gasteiger partial charge in [-0.15, -0.1) is 0 Å². The van der Waals surface area contributed by atoms with Crippen LogP contribution in [-0.4, -0.2) is 18.1 Å². The molecular weight excluding hydrogens is 208 g/mol. The maximum Gasteiger partial charge on any atom is 0.296 e. The van der Waals surface area contributed by atoms with Gasteiger partial charge in [0.1, 0.15) is 11.4 Å². The van der Waals surface area contributed by atoms with Gasteiger partial charge in [-0.2, -0.15) is 0 Å². The van der Waals surface area contributed by atoms with Gasteiger partial charge in [-0.1, -0.05) is 6.92 Å². The minimum absolute atomic E-state index is 0.0885. The maximum atomic E-state index is 11.0. The van der Waals surface area contributed by atoms with Crippen LogP contribution in [0.5, 0.6) is 5.75 Å². The van der Waals surface area contributed by atoms with Crippen molar-refractivity contribution in [3.8, 4) is 5.75 Å². The van der Waals surface area contributed by atoms with Crippen LogP contribution in [0.25, 0.3) is 0 Å². The van der Waals surface area contributed by atoms with E-state index >= 15 is 0 Å². The number of fused-ring (bicyclic) bond motifs is 1. The van der Waals surface area contributed by atoms with E-state index in [9.17, 15) is 10.1 Å². The van der Waals surface area contributed by atoms with Crippen molar-refractivity contribution in [2.45, 2.75) is 25.8 Å². The molecule has 0 saturated carbocycles. The summed E-state index contributed by atoms with van der Waals surface area (Å²) < 4.78 is 5.08. The van der Waals surface area contributed by atoms with Crippen molar-refractivity contribution < 1.29 is 9.66 Å². The van der Waals surface area contributed by atoms with Crippen molar-refractivity contribution in [3.63, 3.8) is 0 Å². The first-order chi connectivity index (χ1) is 7.54. The van der Waals surface area contributed by atoms with Crippen LogP contribution >= 0.6 is 0 Å². The molecule has 5 nitrogen and oxygen atoms in total. The summed E-state index contributed by atoms with van der Waals surface area (Å²) in [7, 11) is 1.52. The standard InChI is InChI=1S/C11H14N2O3/c1-6-7(2)12-11-9(6)4-8(16-3)5-10(11)13(14)15/h4-7,12H,1-3H3. The lowest BCUT2D eigenvalue weighted by molar-refractivity contribution is -0.384. The number of nitro groups is 1. The highest BCUT2D eigenvalue weighted by Crippen LogP contribution is 2.43. The fourth-order valence-electron chi connectivity index (χ4n) is 2.02. The number of rotatable bonds is 2. The number of nitrogens with zero attached hydrogens (tertiary/aromatic N) is 1. The third-order valence-electron chi connectivity index (χ3n) is 3.17. The molecule has 5 heteroatoms. The lowest BCUT2D eigenvalue weighted by Gasteiger charge is -2.08. The first-order valence-electron chi connectivity index (χ1n) is 5.17. The van der Waals surface area contributed by atoms with Crippen LogP contribution in [0, 0.1) is 10.1 Å². The van der Waals surface area contributed by atoms with Gasteiger partial charge in [0, 0.05) is 12.0 Å². The summed E-state index contributed by atoms with van der Waals surface area (Å²) in [5, 5.41) is 14.1. The Balaban J connectivity index is 2.60. The average Bonchev–Trinajstić information content (AvgIpc) is 2.54. The molecule has 0 aliphatic carbocycles. The molecule has 1 aromatic carbocycles. The molecule has 2 atom stereocenters. The molecule has 0 radical (unpaired) electrons. The number of ether oxygens (including phenoxy) is 1. The Hall–Kier alpha value is -1.78. The Labute approximate surface area is 93.6 Å². The van der Waals surface area contributed by atoms with Crippen molar-refractivity contribution in [1.82, 2.24) is 0 Å². The van der Waals surface area contributed by atoms with E-state index in [-0.39, 0.29) is 22.6 Å². The molecule has 0 saturated heterocycles. The van der Waals surface area contributed by atoms with E-state index in [1.54, 1.807) is 0 Å². The summed E-state index contributed by atoms with van der Waals surface area (Å²) >= 11 is 0. The number of methoxy groups -OCH3 is 1. The first-order valence-corrected chi connectivity index (χ1v) is 5.17. The van der Waals surface area contributed by atoms with Crippen LogP contribution in [0.3, 0.4) is 0 Å². The molecule has 0 spiro atoms. The number of hydrogen-bond donors (Lipinski definition) is 1. The Kier molecular flexibility index (Phi) is 2.46. The molecule has 0 bridgehead atoms. The first kappa shape index (κ1) is 10.7. The number of nitrogens with one attached hydrogen (secondary N) is 1. The van der Waals surface area contributed by atoms with Crippen molar-refractivity contribution in [1.29, 1.82) is 0 Å². The van der Waals surface area contributed by atoms with E-state index in [1.165, 1.54) is 13.2 Å². The lowest BCUT2D eigenvalue weighted by atomic mass is 9.98. The zero-order chi connectivity index (χ0) is 11.9. The highest BCUT2D eigenvalue weighted by Gasteiger charge is 2.32. The number of benzene rings is 1. The molecule has 0 aromatic heterocycles. The monoisotopic (exact) mass is 222 g/mol. The molecule has 2 unspecified atom stereocenters. The zero-order valence-corrected chi connectivity index (χ0v) is 9.48. The summed E-state index contributed by atoms with van der Waals surface area (Å²) in [6.07, 6.45) is 0. The highest BCUT2D eigenvalue weighted by atomic mass is 16.6. The second kappa shape index (κ2) is 3.66. The lowest BCUT2D eigenvalue weighted by Crippen LogP contribution is -2.13. The van der Waals surface area contributed by atoms with Crippen LogP contribution in [-0.2, 0) is 0 Å². The van der Waals surface area contributed by atoms with Crippen LogP contribution in [0.2, 0.25) is 0 Å². The third-order valence-corrected chi connectivity index (χ3v) is 3.17. The quantitative estimate of drug-likeness (QED) is 0.616. The molecule has 1 N–H and O–H groups in total. The van der Waals surface area contributed by atoms with Gasteiger partial charge in [0.05, 0.1) is 18.1 Å². The predicted molar refractivity (Wildman–Crippen MR) is 61.1 cm³/mol. The summed E-state index contributed by atoms with van der Waals surface area (Å²) in [6.45, 7) is 4.06. The summed E-state index contributed by atoms with van der Waals surface area (Å²) in [6, 6.07) is 3.53. The molecule has 86 valence electrons. The van der Waals surface area contributed by atoms with Crippen molar-refractivity contribution in [3.05, 3.63) is 27.8 Å². The summed E-state index contributed by atoms with van der Waals surface area (Å²) in [5.74, 6) is 0.789. The van der Waals surface area contributed by atoms with Crippen LogP contribution in [0.1, 0.15) is 25.3 Å². The minimum atomic E-state index is -0.376. The van der Waals surface area contributed by atoms with Crippen LogP contribution in [0.4, 0.5) is 11.4 Å². The Morgan fingerprint density at radius 1 is 1.44 bits per heavy atom. The Morgan fingerprint density at radius 3 is 2.69 bits per heavy atom. The van der Waals surface area contributed by atoms with Crippen molar-refractivity contribution >= 4 is 11.4 Å². The molecule has 2 rings (SSSR count). The van der Waals surface area contributed by atoms with Crippen LogP contribution < -0.4 is 10.1 Å². The molecular formula is C11H14N2O3. The second-order valence-electron chi connectivity index (χ2n) is 4.09. The topological polar surface area (TPSA) is 64.4 Å². The maximum absolute atomic E-state index is 11.0. The van der Waals surface area contributed by atoms with Gasteiger partial charge in [0.25, 0.3) is 5.69 Å². The average molecular weight is 222 g/mol. The van der Waals surface area contributed by atoms with Crippen molar-refractivity contribution in [2.75, 3.05) is 12.4 Å². The molecule has 1 aliphatic heterocycles. The van der Waals surface area contributed by atoms with E-state index < -0.39 is 0 Å². The van der Waals surface area contributed by atoms with Gasteiger partial charge in [-0.25, -0.2) is 0 Å². The predicted octanol–water partition coefficient (Wildman–Crippen LogP) is 2.52. The normalized spacial score (nSPS) is 22.4. The second-order valence-corrected chi connectivity index (χ2v) is 4.09. The Morgan fingerprint density at radius 2 is 2.12 bits per heavy atom. The molecule has 1 heterocycles. The van der Waals surface area contributed by atoms with Gasteiger partial charge in [0.2, 0.25) is 0 Å². The zero-order valence-electron chi connectivity index (χ0n) is 9.48. The molecule has 0 amide bonds. The van der Waals surface area contributed by atoms with Gasteiger partial charge in [-0.05, 0) is 18.6 Å². The molecule has 0 fully saturated rings. The fourth-order valence-corrected chi connectivity index (χ4v) is 2.02. The minimum Gasteiger partial charge on any atom is -0.496 e. The van der Waals surface area contributed by atoms with E-state index in [1.807, 2.05) is 19.9 Å². The number of hydrogen-bond acceptors (Lipinski definition) is 4. The summed E-state index contributed by atoms with van der Waals surface area (Å²) in [5.41, 5.74) is 1.68. The van der Waals surface area contributed by atoms with Gasteiger partial charge in [0.15, 0.2) is 0 Å². The number of nitro benzene ring substituents is 1. The molecule has 1 aromatic rings. The fraction of sp³-hybridized carbons (Fsp3) is 0.455. The van der Waals surface area contributed by atoms with E-state index in [4.69, 9.17) is 4.74 Å².